The van der Waals surface area contributed by atoms with Gasteiger partial charge in [-0.1, -0.05) is 18.2 Å². The zero-order chi connectivity index (χ0) is 13.4. The van der Waals surface area contributed by atoms with Crippen molar-refractivity contribution < 1.29 is 9.21 Å². The van der Waals surface area contributed by atoms with Crippen LogP contribution >= 0.6 is 0 Å². The number of benzene rings is 1. The summed E-state index contributed by atoms with van der Waals surface area (Å²) >= 11 is 0. The van der Waals surface area contributed by atoms with E-state index in [1.54, 1.807) is 18.3 Å². The van der Waals surface area contributed by atoms with Gasteiger partial charge in [0.15, 0.2) is 5.76 Å². The van der Waals surface area contributed by atoms with E-state index in [-0.39, 0.29) is 17.4 Å². The Kier molecular flexibility index (Phi) is 2.56. The van der Waals surface area contributed by atoms with Gasteiger partial charge in [-0.2, -0.15) is 0 Å². The van der Waals surface area contributed by atoms with Crippen molar-refractivity contribution in [3.05, 3.63) is 59.5 Å². The molecule has 2 aromatic heterocycles. The van der Waals surface area contributed by atoms with Crippen molar-refractivity contribution in [1.29, 1.82) is 0 Å². The largest absolute Gasteiger partial charge is 0.453 e. The lowest BCUT2D eigenvalue weighted by Crippen LogP contribution is -2.06. The van der Waals surface area contributed by atoms with Gasteiger partial charge in [-0.25, -0.2) is 4.98 Å². The lowest BCUT2D eigenvalue weighted by Gasteiger charge is -2.02. The van der Waals surface area contributed by atoms with E-state index in [9.17, 15) is 4.79 Å². The van der Waals surface area contributed by atoms with E-state index in [2.05, 4.69) is 4.98 Å². The fraction of sp³-hybridized carbons (Fsp3) is 0.0667. The Morgan fingerprint density at radius 3 is 2.84 bits per heavy atom. The molecule has 0 aliphatic rings. The number of fused-ring (bicyclic) bond motifs is 1. The lowest BCUT2D eigenvalue weighted by atomic mass is 10.1. The topological polar surface area (TPSA) is 69.1 Å². The van der Waals surface area contributed by atoms with Crippen LogP contribution in [0.25, 0.3) is 11.0 Å². The Morgan fingerprint density at radius 1 is 1.26 bits per heavy atom. The second-order valence-electron chi connectivity index (χ2n) is 4.42. The highest BCUT2D eigenvalue weighted by molar-refractivity contribution is 6.11. The Hall–Kier alpha value is -2.62. The van der Waals surface area contributed by atoms with Crippen LogP contribution < -0.4 is 5.73 Å². The monoisotopic (exact) mass is 252 g/mol. The molecule has 2 heterocycles. The number of aryl methyl sites for hydroxylation is 1. The van der Waals surface area contributed by atoms with Gasteiger partial charge in [0.2, 0.25) is 5.78 Å². The smallest absolute Gasteiger partial charge is 0.231 e. The Labute approximate surface area is 109 Å². The third-order valence-electron chi connectivity index (χ3n) is 2.95. The van der Waals surface area contributed by atoms with Gasteiger partial charge in [0.05, 0.1) is 5.56 Å². The highest BCUT2D eigenvalue weighted by atomic mass is 16.3. The molecule has 0 aliphatic carbocycles. The van der Waals surface area contributed by atoms with Crippen molar-refractivity contribution in [3.8, 4) is 0 Å². The van der Waals surface area contributed by atoms with E-state index < -0.39 is 0 Å². The Balaban J connectivity index is 2.10. The van der Waals surface area contributed by atoms with E-state index in [4.69, 9.17) is 10.2 Å². The quantitative estimate of drug-likeness (QED) is 0.712. The molecule has 2 N–H and O–H groups in total. The minimum Gasteiger partial charge on any atom is -0.453 e. The third-order valence-corrected chi connectivity index (χ3v) is 2.95. The fourth-order valence-electron chi connectivity index (χ4n) is 1.99. The zero-order valence-corrected chi connectivity index (χ0v) is 10.4. The standard InChI is InChI=1S/C15H12N2O2/c1-9-6-11(15(16)17-8-9)14(18)13-7-10-4-2-3-5-12(10)19-13/h2-8H,1H3,(H2,16,17). The molecule has 1 aromatic carbocycles. The van der Waals surface area contributed by atoms with E-state index in [0.29, 0.717) is 11.1 Å². The summed E-state index contributed by atoms with van der Waals surface area (Å²) in [6.07, 6.45) is 1.63. The number of rotatable bonds is 2. The molecular weight excluding hydrogens is 240 g/mol. The summed E-state index contributed by atoms with van der Waals surface area (Å²) in [5.74, 6) is 0.251. The van der Waals surface area contributed by atoms with Crippen LogP contribution in [-0.2, 0) is 0 Å². The SMILES string of the molecule is Cc1cnc(N)c(C(=O)c2cc3ccccc3o2)c1. The van der Waals surface area contributed by atoms with Gasteiger partial charge >= 0.3 is 0 Å². The number of nitrogens with two attached hydrogens (primary N) is 1. The van der Waals surface area contributed by atoms with Gasteiger partial charge in [-0.3, -0.25) is 4.79 Å². The Morgan fingerprint density at radius 2 is 2.05 bits per heavy atom. The maximum atomic E-state index is 12.4. The molecule has 0 spiro atoms. The summed E-state index contributed by atoms with van der Waals surface area (Å²) in [6.45, 7) is 1.86. The molecule has 0 amide bonds. The maximum absolute atomic E-state index is 12.4. The molecule has 0 fully saturated rings. The highest BCUT2D eigenvalue weighted by Crippen LogP contribution is 2.23. The average Bonchev–Trinajstić information content (AvgIpc) is 2.84. The molecule has 0 bridgehead atoms. The molecular formula is C15H12N2O2. The van der Waals surface area contributed by atoms with E-state index in [0.717, 1.165) is 10.9 Å². The van der Waals surface area contributed by atoms with Gasteiger partial charge in [-0.05, 0) is 30.7 Å². The van der Waals surface area contributed by atoms with E-state index >= 15 is 0 Å². The molecule has 0 saturated heterocycles. The van der Waals surface area contributed by atoms with Crippen molar-refractivity contribution in [2.45, 2.75) is 6.92 Å². The first-order valence-corrected chi connectivity index (χ1v) is 5.90. The van der Waals surface area contributed by atoms with Crippen LogP contribution in [0.15, 0.2) is 47.0 Å². The zero-order valence-electron chi connectivity index (χ0n) is 10.4. The second-order valence-corrected chi connectivity index (χ2v) is 4.42. The summed E-state index contributed by atoms with van der Waals surface area (Å²) < 4.78 is 5.55. The molecule has 4 heteroatoms. The summed E-state index contributed by atoms with van der Waals surface area (Å²) in [4.78, 5) is 16.4. The lowest BCUT2D eigenvalue weighted by molar-refractivity contribution is 0.101. The van der Waals surface area contributed by atoms with Crippen molar-refractivity contribution in [2.24, 2.45) is 0 Å². The number of nitrogen functional groups attached to an aromatic ring is 1. The molecule has 0 atom stereocenters. The molecule has 0 unspecified atom stereocenters. The predicted molar refractivity (Wildman–Crippen MR) is 73.0 cm³/mol. The van der Waals surface area contributed by atoms with Gasteiger partial charge in [0.1, 0.15) is 11.4 Å². The summed E-state index contributed by atoms with van der Waals surface area (Å²) in [6, 6.07) is 10.9. The number of carbonyl (C=O) groups excluding carboxylic acids is 1. The number of pyridine rings is 1. The third kappa shape index (κ3) is 1.97. The first-order chi connectivity index (χ1) is 9.15. The van der Waals surface area contributed by atoms with Gasteiger partial charge in [-0.15, -0.1) is 0 Å². The minimum absolute atomic E-state index is 0.219. The summed E-state index contributed by atoms with van der Waals surface area (Å²) in [7, 11) is 0. The number of furan rings is 1. The fourth-order valence-corrected chi connectivity index (χ4v) is 1.99. The van der Waals surface area contributed by atoms with Crippen LogP contribution in [-0.4, -0.2) is 10.8 Å². The van der Waals surface area contributed by atoms with E-state index in [1.807, 2.05) is 31.2 Å². The van der Waals surface area contributed by atoms with Gasteiger partial charge < -0.3 is 10.2 Å². The molecule has 3 aromatic rings. The van der Waals surface area contributed by atoms with Crippen molar-refractivity contribution >= 4 is 22.6 Å². The number of anilines is 1. The number of aromatic nitrogens is 1. The molecule has 4 nitrogen and oxygen atoms in total. The van der Waals surface area contributed by atoms with E-state index in [1.165, 1.54) is 0 Å². The number of carbonyl (C=O) groups is 1. The number of para-hydroxylation sites is 1. The first kappa shape index (κ1) is 11.5. The van der Waals surface area contributed by atoms with Crippen molar-refractivity contribution in [2.75, 3.05) is 5.73 Å². The first-order valence-electron chi connectivity index (χ1n) is 5.90. The minimum atomic E-state index is -0.245. The van der Waals surface area contributed by atoms with Crippen molar-refractivity contribution in [1.82, 2.24) is 4.98 Å². The van der Waals surface area contributed by atoms with Crippen LogP contribution in [0.4, 0.5) is 5.82 Å². The van der Waals surface area contributed by atoms with Crippen LogP contribution in [0.3, 0.4) is 0 Å². The second kappa shape index (κ2) is 4.24. The molecule has 19 heavy (non-hydrogen) atoms. The normalized spacial score (nSPS) is 10.8. The molecule has 0 saturated carbocycles. The van der Waals surface area contributed by atoms with Crippen LogP contribution in [0.2, 0.25) is 0 Å². The summed E-state index contributed by atoms with van der Waals surface area (Å²) in [5, 5.41) is 0.894. The molecule has 94 valence electrons. The van der Waals surface area contributed by atoms with Crippen molar-refractivity contribution in [3.63, 3.8) is 0 Å². The molecule has 0 radical (unpaired) electrons. The molecule has 0 aliphatic heterocycles. The number of ketones is 1. The van der Waals surface area contributed by atoms with Crippen LogP contribution in [0, 0.1) is 6.92 Å². The molecule has 3 rings (SSSR count). The average molecular weight is 252 g/mol. The maximum Gasteiger partial charge on any atom is 0.231 e. The van der Waals surface area contributed by atoms with Crippen LogP contribution in [0.5, 0.6) is 0 Å². The van der Waals surface area contributed by atoms with Gasteiger partial charge in [0, 0.05) is 11.6 Å². The predicted octanol–water partition coefficient (Wildman–Crippen LogP) is 2.95. The number of nitrogens with zero attached hydrogens (tertiary/aromatic N) is 1. The summed E-state index contributed by atoms with van der Waals surface area (Å²) in [5.41, 5.74) is 7.69. The van der Waals surface area contributed by atoms with Crippen LogP contribution in [0.1, 0.15) is 21.7 Å². The number of hydrogen-bond donors (Lipinski definition) is 1. The van der Waals surface area contributed by atoms with Gasteiger partial charge in [0.25, 0.3) is 0 Å². The Bertz CT molecular complexity index is 742. The highest BCUT2D eigenvalue weighted by Gasteiger charge is 2.17. The number of hydrogen-bond acceptors (Lipinski definition) is 4.